The average Bonchev–Trinajstić information content (AvgIpc) is 3.04. The van der Waals surface area contributed by atoms with Gasteiger partial charge in [0.05, 0.1) is 23.8 Å². The zero-order valence-electron chi connectivity index (χ0n) is 16.2. The summed E-state index contributed by atoms with van der Waals surface area (Å²) < 4.78 is 20.0. The molecule has 30 heavy (non-hydrogen) atoms. The number of halogens is 2. The summed E-state index contributed by atoms with van der Waals surface area (Å²) in [6.07, 6.45) is 0.732. The Kier molecular flexibility index (Phi) is 6.21. The monoisotopic (exact) mass is 433 g/mol. The van der Waals surface area contributed by atoms with Gasteiger partial charge in [0.25, 0.3) is 0 Å². The Hall–Kier alpha value is -3.60. The molecule has 10 nitrogen and oxygen atoms in total. The lowest BCUT2D eigenvalue weighted by atomic mass is 10.2. The molecule has 0 bridgehead atoms. The molecule has 0 fully saturated rings. The lowest BCUT2D eigenvalue weighted by Crippen LogP contribution is -2.18. The molecule has 0 saturated carbocycles. The van der Waals surface area contributed by atoms with Crippen molar-refractivity contribution in [3.8, 4) is 11.4 Å². The summed E-state index contributed by atoms with van der Waals surface area (Å²) in [6.45, 7) is 2.92. The van der Waals surface area contributed by atoms with Crippen molar-refractivity contribution in [2.24, 2.45) is 7.05 Å². The number of pyridine rings is 2. The maximum Gasteiger partial charge on any atom is 0.413 e. The van der Waals surface area contributed by atoms with Crippen molar-refractivity contribution in [2.75, 3.05) is 10.6 Å². The molecular formula is C18H17ClFN7O3. The first-order valence-corrected chi connectivity index (χ1v) is 9.04. The number of carbonyl (C=O) groups excluding carboxylic acids is 2. The summed E-state index contributed by atoms with van der Waals surface area (Å²) in [5.74, 6) is -0.593. The number of aromatic nitrogens is 5. The van der Waals surface area contributed by atoms with Gasteiger partial charge in [-0.3, -0.25) is 15.1 Å². The largest absolute Gasteiger partial charge is 0.441 e. The van der Waals surface area contributed by atoms with Crippen molar-refractivity contribution in [1.82, 2.24) is 25.0 Å². The van der Waals surface area contributed by atoms with Crippen LogP contribution in [0.5, 0.6) is 0 Å². The number of ether oxygens (including phenoxy) is 1. The number of amides is 2. The summed E-state index contributed by atoms with van der Waals surface area (Å²) >= 11 is 5.94. The fourth-order valence-electron chi connectivity index (χ4n) is 2.55. The molecule has 2 amide bonds. The van der Waals surface area contributed by atoms with Crippen LogP contribution in [0.1, 0.15) is 25.5 Å². The lowest BCUT2D eigenvalue weighted by Gasteiger charge is -2.15. The first-order chi connectivity index (χ1) is 14.2. The number of nitrogens with one attached hydrogen (secondary N) is 2. The molecular weight excluding hydrogens is 417 g/mol. The minimum absolute atomic E-state index is 0.0306. The molecule has 1 atom stereocenters. The molecule has 0 aliphatic heterocycles. The molecule has 0 saturated heterocycles. The number of hydrogen-bond acceptors (Lipinski definition) is 7. The van der Waals surface area contributed by atoms with E-state index in [0.717, 1.165) is 12.3 Å². The predicted octanol–water partition coefficient (Wildman–Crippen LogP) is 3.33. The Morgan fingerprint density at radius 1 is 1.23 bits per heavy atom. The molecule has 0 unspecified atom stereocenters. The number of hydrogen-bond donors (Lipinski definition) is 2. The van der Waals surface area contributed by atoms with Crippen LogP contribution in [0, 0.1) is 5.82 Å². The number of rotatable bonds is 5. The van der Waals surface area contributed by atoms with E-state index in [2.05, 4.69) is 30.9 Å². The van der Waals surface area contributed by atoms with Crippen LogP contribution in [0.25, 0.3) is 11.4 Å². The smallest absolute Gasteiger partial charge is 0.413 e. The Morgan fingerprint density at radius 2 is 2.00 bits per heavy atom. The molecule has 0 aromatic carbocycles. The van der Waals surface area contributed by atoms with E-state index in [0.29, 0.717) is 17.1 Å². The van der Waals surface area contributed by atoms with Crippen LogP contribution in [-0.2, 0) is 16.6 Å². The summed E-state index contributed by atoms with van der Waals surface area (Å²) in [7, 11) is 1.58. The fourth-order valence-corrected chi connectivity index (χ4v) is 2.81. The van der Waals surface area contributed by atoms with Crippen molar-refractivity contribution < 1.29 is 18.7 Å². The van der Waals surface area contributed by atoms with Crippen LogP contribution in [0.15, 0.2) is 30.6 Å². The summed E-state index contributed by atoms with van der Waals surface area (Å²) in [4.78, 5) is 31.4. The van der Waals surface area contributed by atoms with E-state index in [4.69, 9.17) is 16.3 Å². The Morgan fingerprint density at radius 3 is 2.67 bits per heavy atom. The fraction of sp³-hybridized carbons (Fsp3) is 0.222. The number of carbonyl (C=O) groups is 2. The van der Waals surface area contributed by atoms with Crippen molar-refractivity contribution >= 4 is 35.1 Å². The van der Waals surface area contributed by atoms with Crippen LogP contribution in [0.2, 0.25) is 5.15 Å². The van der Waals surface area contributed by atoms with Crippen molar-refractivity contribution in [3.05, 3.63) is 47.1 Å². The van der Waals surface area contributed by atoms with Crippen molar-refractivity contribution in [2.45, 2.75) is 20.0 Å². The Balaban J connectivity index is 1.75. The van der Waals surface area contributed by atoms with Gasteiger partial charge in [0.2, 0.25) is 5.91 Å². The molecule has 3 heterocycles. The van der Waals surface area contributed by atoms with E-state index in [1.165, 1.54) is 24.7 Å². The first-order valence-electron chi connectivity index (χ1n) is 8.67. The van der Waals surface area contributed by atoms with Gasteiger partial charge in [-0.15, -0.1) is 5.10 Å². The summed E-state index contributed by atoms with van der Waals surface area (Å²) in [6, 6.07) is 4.40. The summed E-state index contributed by atoms with van der Waals surface area (Å²) in [5.41, 5.74) is 1.45. The van der Waals surface area contributed by atoms with Crippen molar-refractivity contribution in [3.63, 3.8) is 0 Å². The van der Waals surface area contributed by atoms with Gasteiger partial charge in [-0.2, -0.15) is 0 Å². The van der Waals surface area contributed by atoms with Gasteiger partial charge >= 0.3 is 6.09 Å². The number of anilines is 2. The lowest BCUT2D eigenvalue weighted by molar-refractivity contribution is -0.114. The van der Waals surface area contributed by atoms with Gasteiger partial charge in [-0.25, -0.2) is 18.9 Å². The molecule has 3 aromatic heterocycles. The highest BCUT2D eigenvalue weighted by molar-refractivity contribution is 6.30. The summed E-state index contributed by atoms with van der Waals surface area (Å²) in [5, 5.41) is 13.1. The quantitative estimate of drug-likeness (QED) is 0.591. The van der Waals surface area contributed by atoms with Crippen LogP contribution in [-0.4, -0.2) is 37.0 Å². The van der Waals surface area contributed by atoms with Gasteiger partial charge in [0.1, 0.15) is 17.1 Å². The van der Waals surface area contributed by atoms with E-state index >= 15 is 0 Å². The van der Waals surface area contributed by atoms with Gasteiger partial charge < -0.3 is 10.1 Å². The Bertz CT molecular complexity index is 1090. The van der Waals surface area contributed by atoms with E-state index in [9.17, 15) is 14.0 Å². The minimum Gasteiger partial charge on any atom is -0.441 e. The molecule has 3 rings (SSSR count). The zero-order chi connectivity index (χ0) is 21.8. The normalized spacial score (nSPS) is 11.6. The third-order valence-corrected chi connectivity index (χ3v) is 4.24. The van der Waals surface area contributed by atoms with Gasteiger partial charge in [-0.1, -0.05) is 16.8 Å². The second-order valence-corrected chi connectivity index (χ2v) is 6.59. The van der Waals surface area contributed by atoms with E-state index in [1.807, 2.05) is 0 Å². The van der Waals surface area contributed by atoms with Gasteiger partial charge in [0.15, 0.2) is 11.5 Å². The molecule has 2 N–H and O–H groups in total. The van der Waals surface area contributed by atoms with Crippen LogP contribution in [0.3, 0.4) is 0 Å². The molecule has 156 valence electrons. The highest BCUT2D eigenvalue weighted by Gasteiger charge is 2.21. The average molecular weight is 434 g/mol. The first kappa shape index (κ1) is 21.1. The molecule has 3 aromatic rings. The number of aryl methyl sites for hydroxylation is 1. The third kappa shape index (κ3) is 4.87. The van der Waals surface area contributed by atoms with Gasteiger partial charge in [0, 0.05) is 19.5 Å². The number of nitrogens with zero attached hydrogens (tertiary/aromatic N) is 5. The standard InChI is InChI=1S/C18H17ClFN7O3/c1-9(13-6-11(20)7-22-16(13)19)30-18(29)24-17-15(25-26-27(17)3)14-5-4-12(8-21-14)23-10(2)28/h4-9H,1-3H3,(H,23,28)(H,24,29)/t9-/m1/s1. The Labute approximate surface area is 175 Å². The molecule has 0 aliphatic carbocycles. The second-order valence-electron chi connectivity index (χ2n) is 6.23. The zero-order valence-corrected chi connectivity index (χ0v) is 16.9. The van der Waals surface area contributed by atoms with Crippen molar-refractivity contribution in [1.29, 1.82) is 0 Å². The third-order valence-electron chi connectivity index (χ3n) is 3.93. The maximum atomic E-state index is 13.4. The van der Waals surface area contributed by atoms with E-state index in [-0.39, 0.29) is 22.4 Å². The molecule has 0 aliphatic rings. The molecule has 12 heteroatoms. The predicted molar refractivity (Wildman–Crippen MR) is 106 cm³/mol. The van der Waals surface area contributed by atoms with E-state index in [1.54, 1.807) is 19.2 Å². The van der Waals surface area contributed by atoms with Crippen LogP contribution in [0.4, 0.5) is 20.7 Å². The maximum absolute atomic E-state index is 13.4. The minimum atomic E-state index is -0.861. The van der Waals surface area contributed by atoms with Crippen LogP contribution < -0.4 is 10.6 Å². The van der Waals surface area contributed by atoms with E-state index < -0.39 is 18.0 Å². The molecule has 0 radical (unpaired) electrons. The molecule has 0 spiro atoms. The highest BCUT2D eigenvalue weighted by atomic mass is 35.5. The topological polar surface area (TPSA) is 124 Å². The van der Waals surface area contributed by atoms with Crippen LogP contribution >= 0.6 is 11.6 Å². The highest BCUT2D eigenvalue weighted by Crippen LogP contribution is 2.27. The second kappa shape index (κ2) is 8.82. The SMILES string of the molecule is CC(=O)Nc1ccc(-c2nnn(C)c2NC(=O)O[C@H](C)c2cc(F)cnc2Cl)nc1. The van der Waals surface area contributed by atoms with Gasteiger partial charge in [-0.05, 0) is 25.1 Å².